The largest absolute Gasteiger partial charge is 0.316 e. The SMILES string of the molecule is O=c1c(=O)n(CC2CC2)ccn1CCc1ccccc1. The summed E-state index contributed by atoms with van der Waals surface area (Å²) in [5.41, 5.74) is 0.359. The van der Waals surface area contributed by atoms with E-state index in [1.54, 1.807) is 17.0 Å². The third kappa shape index (κ3) is 2.90. The van der Waals surface area contributed by atoms with E-state index in [0.29, 0.717) is 19.0 Å². The van der Waals surface area contributed by atoms with Gasteiger partial charge in [0.15, 0.2) is 0 Å². The number of aromatic nitrogens is 2. The number of nitrogens with zero attached hydrogens (tertiary/aromatic N) is 2. The van der Waals surface area contributed by atoms with Crippen LogP contribution in [0.2, 0.25) is 0 Å². The van der Waals surface area contributed by atoms with E-state index in [1.807, 2.05) is 30.3 Å². The van der Waals surface area contributed by atoms with Crippen molar-refractivity contribution in [1.29, 1.82) is 0 Å². The Bertz CT molecular complexity index is 696. The molecular formula is C16H18N2O2. The second-order valence-electron chi connectivity index (χ2n) is 5.43. The Kier molecular flexibility index (Phi) is 3.54. The predicted octanol–water partition coefficient (Wildman–Crippen LogP) is 1.66. The van der Waals surface area contributed by atoms with Crippen molar-refractivity contribution in [3.8, 4) is 0 Å². The molecule has 1 aliphatic carbocycles. The summed E-state index contributed by atoms with van der Waals surface area (Å²) in [6.45, 7) is 1.23. The van der Waals surface area contributed by atoms with Gasteiger partial charge in [0.2, 0.25) is 0 Å². The molecule has 4 heteroatoms. The van der Waals surface area contributed by atoms with E-state index >= 15 is 0 Å². The lowest BCUT2D eigenvalue weighted by Gasteiger charge is -2.08. The number of rotatable bonds is 5. The molecule has 20 heavy (non-hydrogen) atoms. The van der Waals surface area contributed by atoms with E-state index in [-0.39, 0.29) is 0 Å². The minimum Gasteiger partial charge on any atom is -0.309 e. The molecule has 0 N–H and O–H groups in total. The molecule has 0 amide bonds. The molecular weight excluding hydrogens is 252 g/mol. The van der Waals surface area contributed by atoms with Gasteiger partial charge in [-0.1, -0.05) is 30.3 Å². The molecule has 0 atom stereocenters. The van der Waals surface area contributed by atoms with Crippen LogP contribution in [0.1, 0.15) is 18.4 Å². The second-order valence-corrected chi connectivity index (χ2v) is 5.43. The normalized spacial score (nSPS) is 14.4. The number of benzene rings is 1. The zero-order valence-corrected chi connectivity index (χ0v) is 11.4. The van der Waals surface area contributed by atoms with Gasteiger partial charge in [-0.2, -0.15) is 0 Å². The van der Waals surface area contributed by atoms with Crippen molar-refractivity contribution in [2.45, 2.75) is 32.4 Å². The van der Waals surface area contributed by atoms with Gasteiger partial charge in [0, 0.05) is 25.5 Å². The zero-order chi connectivity index (χ0) is 13.9. The average Bonchev–Trinajstić information content (AvgIpc) is 3.28. The fourth-order valence-corrected chi connectivity index (χ4v) is 2.33. The highest BCUT2D eigenvalue weighted by atomic mass is 16.2. The van der Waals surface area contributed by atoms with Crippen LogP contribution in [0.5, 0.6) is 0 Å². The van der Waals surface area contributed by atoms with E-state index in [0.717, 1.165) is 6.42 Å². The molecule has 3 rings (SSSR count). The van der Waals surface area contributed by atoms with Gasteiger partial charge in [-0.3, -0.25) is 9.59 Å². The monoisotopic (exact) mass is 270 g/mol. The summed E-state index contributed by atoms with van der Waals surface area (Å²) in [4.78, 5) is 24.0. The summed E-state index contributed by atoms with van der Waals surface area (Å²) >= 11 is 0. The van der Waals surface area contributed by atoms with Crippen molar-refractivity contribution >= 4 is 0 Å². The van der Waals surface area contributed by atoms with Gasteiger partial charge in [-0.05, 0) is 30.7 Å². The standard InChI is InChI=1S/C16H18N2O2/c19-15-16(20)18(12-14-6-7-14)11-10-17(15)9-8-13-4-2-1-3-5-13/h1-5,10-11,14H,6-9,12H2. The Morgan fingerprint density at radius 3 is 2.30 bits per heavy atom. The highest BCUT2D eigenvalue weighted by molar-refractivity contribution is 5.14. The summed E-state index contributed by atoms with van der Waals surface area (Å²) < 4.78 is 3.07. The van der Waals surface area contributed by atoms with Crippen molar-refractivity contribution in [2.24, 2.45) is 5.92 Å². The quantitative estimate of drug-likeness (QED) is 0.776. The van der Waals surface area contributed by atoms with Crippen molar-refractivity contribution in [3.63, 3.8) is 0 Å². The minimum atomic E-state index is -0.413. The minimum absolute atomic E-state index is 0.396. The molecule has 0 unspecified atom stereocenters. The van der Waals surface area contributed by atoms with E-state index in [2.05, 4.69) is 0 Å². The molecule has 1 heterocycles. The number of hydrogen-bond donors (Lipinski definition) is 0. The maximum absolute atomic E-state index is 12.0. The van der Waals surface area contributed by atoms with Gasteiger partial charge < -0.3 is 9.13 Å². The van der Waals surface area contributed by atoms with Gasteiger partial charge >= 0.3 is 11.1 Å². The van der Waals surface area contributed by atoms with E-state index < -0.39 is 11.1 Å². The van der Waals surface area contributed by atoms with Crippen molar-refractivity contribution < 1.29 is 0 Å². The van der Waals surface area contributed by atoms with E-state index in [9.17, 15) is 9.59 Å². The molecule has 2 aromatic rings. The highest BCUT2D eigenvalue weighted by Crippen LogP contribution is 2.29. The Hall–Kier alpha value is -2.10. The smallest absolute Gasteiger partial charge is 0.309 e. The third-order valence-corrected chi connectivity index (χ3v) is 3.77. The average molecular weight is 270 g/mol. The Labute approximate surface area is 117 Å². The zero-order valence-electron chi connectivity index (χ0n) is 11.4. The molecule has 1 aromatic carbocycles. The number of aryl methyl sites for hydroxylation is 2. The molecule has 1 aliphatic rings. The molecule has 4 nitrogen and oxygen atoms in total. The summed E-state index contributed by atoms with van der Waals surface area (Å²) in [5, 5.41) is 0. The molecule has 0 spiro atoms. The molecule has 1 saturated carbocycles. The molecule has 1 aromatic heterocycles. The maximum Gasteiger partial charge on any atom is 0.316 e. The Balaban J connectivity index is 1.75. The fraction of sp³-hybridized carbons (Fsp3) is 0.375. The van der Waals surface area contributed by atoms with Crippen LogP contribution < -0.4 is 11.1 Å². The first kappa shape index (κ1) is 12.9. The van der Waals surface area contributed by atoms with Crippen LogP contribution in [0.4, 0.5) is 0 Å². The van der Waals surface area contributed by atoms with Crippen LogP contribution in [0.25, 0.3) is 0 Å². The van der Waals surface area contributed by atoms with E-state index in [4.69, 9.17) is 0 Å². The van der Waals surface area contributed by atoms with Gasteiger partial charge in [-0.25, -0.2) is 0 Å². The van der Waals surface area contributed by atoms with Crippen LogP contribution >= 0.6 is 0 Å². The van der Waals surface area contributed by atoms with Gasteiger partial charge in [0.1, 0.15) is 0 Å². The predicted molar refractivity (Wildman–Crippen MR) is 77.8 cm³/mol. The van der Waals surface area contributed by atoms with Crippen molar-refractivity contribution in [3.05, 3.63) is 69.0 Å². The van der Waals surface area contributed by atoms with Crippen molar-refractivity contribution in [1.82, 2.24) is 9.13 Å². The molecule has 0 radical (unpaired) electrons. The summed E-state index contributed by atoms with van der Waals surface area (Å²) in [5.74, 6) is 0.590. The Morgan fingerprint density at radius 2 is 1.60 bits per heavy atom. The van der Waals surface area contributed by atoms with Gasteiger partial charge in [-0.15, -0.1) is 0 Å². The van der Waals surface area contributed by atoms with Crippen LogP contribution in [0, 0.1) is 5.92 Å². The van der Waals surface area contributed by atoms with Gasteiger partial charge in [0.05, 0.1) is 0 Å². The number of hydrogen-bond acceptors (Lipinski definition) is 2. The van der Waals surface area contributed by atoms with Crippen LogP contribution in [-0.4, -0.2) is 9.13 Å². The fourth-order valence-electron chi connectivity index (χ4n) is 2.33. The van der Waals surface area contributed by atoms with Crippen LogP contribution in [-0.2, 0) is 19.5 Å². The molecule has 104 valence electrons. The molecule has 1 fully saturated rings. The summed E-state index contributed by atoms with van der Waals surface area (Å²) in [6, 6.07) is 9.98. The maximum atomic E-state index is 12.0. The lowest BCUT2D eigenvalue weighted by Crippen LogP contribution is -2.41. The summed E-state index contributed by atoms with van der Waals surface area (Å²) in [6.07, 6.45) is 6.57. The van der Waals surface area contributed by atoms with E-state index in [1.165, 1.54) is 23.0 Å². The first-order valence-corrected chi connectivity index (χ1v) is 7.08. The van der Waals surface area contributed by atoms with Gasteiger partial charge in [0.25, 0.3) is 0 Å². The first-order chi connectivity index (χ1) is 9.74. The summed E-state index contributed by atoms with van der Waals surface area (Å²) in [7, 11) is 0. The topological polar surface area (TPSA) is 44.0 Å². The van der Waals surface area contributed by atoms with Crippen LogP contribution in [0.3, 0.4) is 0 Å². The molecule has 0 saturated heterocycles. The lowest BCUT2D eigenvalue weighted by molar-refractivity contribution is 0.566. The Morgan fingerprint density at radius 1 is 0.950 bits per heavy atom. The highest BCUT2D eigenvalue weighted by Gasteiger charge is 2.22. The first-order valence-electron chi connectivity index (χ1n) is 7.08. The lowest BCUT2D eigenvalue weighted by atomic mass is 10.1. The van der Waals surface area contributed by atoms with Crippen LogP contribution in [0.15, 0.2) is 52.3 Å². The third-order valence-electron chi connectivity index (χ3n) is 3.77. The molecule has 0 aliphatic heterocycles. The molecule has 0 bridgehead atoms. The van der Waals surface area contributed by atoms with Crippen molar-refractivity contribution in [2.75, 3.05) is 0 Å². The second kappa shape index (κ2) is 5.49.